The molecule has 0 radical (unpaired) electrons. The fraction of sp³-hybridized carbons (Fsp3) is 0.333. The van der Waals surface area contributed by atoms with Crippen LogP contribution >= 0.6 is 0 Å². The number of rotatable bonds is 9. The van der Waals surface area contributed by atoms with Crippen LogP contribution in [0.15, 0.2) is 96.6 Å². The average Bonchev–Trinajstić information content (AvgIpc) is 3.22. The van der Waals surface area contributed by atoms with Gasteiger partial charge >= 0.3 is 6.09 Å². The van der Waals surface area contributed by atoms with Crippen molar-refractivity contribution >= 4 is 12.0 Å². The fourth-order valence-corrected chi connectivity index (χ4v) is 4.92. The van der Waals surface area contributed by atoms with Crippen LogP contribution in [-0.4, -0.2) is 46.1 Å². The first-order chi connectivity index (χ1) is 19.1. The monoisotopic (exact) mass is 542 g/mol. The maximum absolute atomic E-state index is 13.7. The Morgan fingerprint density at radius 3 is 2.20 bits per heavy atom. The lowest BCUT2D eigenvalue weighted by atomic mass is 9.96. The summed E-state index contributed by atoms with van der Waals surface area (Å²) in [4.78, 5) is 26.4. The molecule has 1 aliphatic rings. The van der Waals surface area contributed by atoms with Crippen molar-refractivity contribution in [2.75, 3.05) is 0 Å². The fourth-order valence-electron chi connectivity index (χ4n) is 4.92. The number of hydrogen-bond donors (Lipinski definition) is 4. The molecular formula is C33H38N2O5. The summed E-state index contributed by atoms with van der Waals surface area (Å²) in [5.74, 6) is -0.389. The van der Waals surface area contributed by atoms with Gasteiger partial charge in [-0.05, 0) is 55.5 Å². The molecule has 0 heterocycles. The van der Waals surface area contributed by atoms with Gasteiger partial charge in [0.2, 0.25) is 5.91 Å². The largest absolute Gasteiger partial charge is 0.444 e. The van der Waals surface area contributed by atoms with E-state index in [1.165, 1.54) is 6.08 Å². The number of ether oxygens (including phenoxy) is 1. The Balaban J connectivity index is 1.61. The molecule has 4 atom stereocenters. The van der Waals surface area contributed by atoms with Crippen molar-refractivity contribution in [3.05, 3.63) is 119 Å². The average molecular weight is 543 g/mol. The van der Waals surface area contributed by atoms with Crippen LogP contribution in [0, 0.1) is 0 Å². The molecule has 0 aliphatic heterocycles. The minimum Gasteiger partial charge on any atom is -0.444 e. The summed E-state index contributed by atoms with van der Waals surface area (Å²) in [6.45, 7) is 5.31. The summed E-state index contributed by atoms with van der Waals surface area (Å²) in [5.41, 5.74) is 3.31. The second kappa shape index (κ2) is 12.9. The number of amides is 2. The minimum absolute atomic E-state index is 0.263. The normalized spacial score (nSPS) is 18.4. The highest BCUT2D eigenvalue weighted by Gasteiger charge is 2.33. The van der Waals surface area contributed by atoms with Gasteiger partial charge in [-0.2, -0.15) is 0 Å². The van der Waals surface area contributed by atoms with E-state index in [4.69, 9.17) is 4.74 Å². The van der Waals surface area contributed by atoms with Gasteiger partial charge in [0, 0.05) is 18.4 Å². The molecule has 40 heavy (non-hydrogen) atoms. The number of carbonyl (C=O) groups excluding carboxylic acids is 2. The predicted molar refractivity (Wildman–Crippen MR) is 155 cm³/mol. The second-order valence-electron chi connectivity index (χ2n) is 11.2. The Labute approximate surface area is 235 Å². The molecule has 3 aromatic rings. The number of nitrogens with one attached hydrogen (secondary N) is 2. The highest BCUT2D eigenvalue weighted by molar-refractivity contribution is 5.94. The Kier molecular flexibility index (Phi) is 9.40. The van der Waals surface area contributed by atoms with Crippen molar-refractivity contribution < 1.29 is 24.5 Å². The molecule has 0 saturated carbocycles. The van der Waals surface area contributed by atoms with Crippen LogP contribution in [0.2, 0.25) is 0 Å². The van der Waals surface area contributed by atoms with E-state index in [9.17, 15) is 19.8 Å². The van der Waals surface area contributed by atoms with Crippen molar-refractivity contribution in [2.45, 2.75) is 69.9 Å². The van der Waals surface area contributed by atoms with E-state index in [1.807, 2.05) is 84.9 Å². The van der Waals surface area contributed by atoms with E-state index in [0.29, 0.717) is 18.4 Å². The predicted octanol–water partition coefficient (Wildman–Crippen LogP) is 4.43. The molecule has 0 spiro atoms. The summed E-state index contributed by atoms with van der Waals surface area (Å²) in [5, 5.41) is 27.9. The molecule has 4 N–H and O–H groups in total. The maximum atomic E-state index is 13.7. The molecule has 7 nitrogen and oxygen atoms in total. The second-order valence-corrected chi connectivity index (χ2v) is 11.2. The van der Waals surface area contributed by atoms with Crippen LogP contribution in [0.25, 0.3) is 0 Å². The van der Waals surface area contributed by atoms with Gasteiger partial charge in [0.25, 0.3) is 0 Å². The quantitative estimate of drug-likeness (QED) is 0.299. The third kappa shape index (κ3) is 8.04. The lowest BCUT2D eigenvalue weighted by Crippen LogP contribution is -2.46. The van der Waals surface area contributed by atoms with Crippen LogP contribution in [0.3, 0.4) is 0 Å². The number of carbonyl (C=O) groups is 2. The minimum atomic E-state index is -1.20. The van der Waals surface area contributed by atoms with Crippen LogP contribution in [0.5, 0.6) is 0 Å². The number of fused-ring (bicyclic) bond motifs is 1. The molecule has 1 aliphatic carbocycles. The maximum Gasteiger partial charge on any atom is 0.407 e. The number of aliphatic hydroxyl groups excluding tert-OH is 2. The summed E-state index contributed by atoms with van der Waals surface area (Å²) >= 11 is 0. The zero-order valence-corrected chi connectivity index (χ0v) is 23.2. The van der Waals surface area contributed by atoms with Gasteiger partial charge < -0.3 is 25.6 Å². The third-order valence-corrected chi connectivity index (χ3v) is 6.80. The lowest BCUT2D eigenvalue weighted by molar-refractivity contribution is -0.119. The van der Waals surface area contributed by atoms with E-state index >= 15 is 0 Å². The van der Waals surface area contributed by atoms with Gasteiger partial charge in [0.1, 0.15) is 5.60 Å². The summed E-state index contributed by atoms with van der Waals surface area (Å²) in [7, 11) is 0. The van der Waals surface area contributed by atoms with Crippen molar-refractivity contribution in [1.29, 1.82) is 0 Å². The van der Waals surface area contributed by atoms with Gasteiger partial charge in [0.15, 0.2) is 0 Å². The van der Waals surface area contributed by atoms with Crippen LogP contribution in [0.1, 0.15) is 49.1 Å². The van der Waals surface area contributed by atoms with Crippen molar-refractivity contribution in [1.82, 2.24) is 10.6 Å². The SMILES string of the molecule is CC(C)(C)OC(=O)N[C@@H](Cc1ccccc1)[C@@H](O)/C=C(/Cc1ccccc1)C(=O)N[C@H]1c2ccccc2C[C@H]1O. The lowest BCUT2D eigenvalue weighted by Gasteiger charge is -2.26. The van der Waals surface area contributed by atoms with E-state index in [2.05, 4.69) is 10.6 Å². The van der Waals surface area contributed by atoms with Gasteiger partial charge in [-0.25, -0.2) is 4.79 Å². The van der Waals surface area contributed by atoms with Crippen molar-refractivity contribution in [3.8, 4) is 0 Å². The van der Waals surface area contributed by atoms with Gasteiger partial charge in [0.05, 0.1) is 24.3 Å². The van der Waals surface area contributed by atoms with Gasteiger partial charge in [-0.15, -0.1) is 0 Å². The Morgan fingerprint density at radius 2 is 1.55 bits per heavy atom. The standard InChI is InChI=1S/C33H38N2O5/c1-33(2,3)40-32(39)34-27(19-23-14-8-5-9-15-23)28(36)21-25(18-22-12-6-4-7-13-22)31(38)35-30-26-17-11-10-16-24(26)20-29(30)37/h4-17,21,27-30,36-37H,18-20H2,1-3H3,(H,34,39)(H,35,38)/b25-21-/t27-,28-,29+,30-/m0/s1. The van der Waals surface area contributed by atoms with Crippen LogP contribution < -0.4 is 10.6 Å². The molecule has 0 aromatic heterocycles. The summed E-state index contributed by atoms with van der Waals surface area (Å²) in [6, 6.07) is 25.3. The Hall–Kier alpha value is -3.94. The molecular weight excluding hydrogens is 504 g/mol. The van der Waals surface area contributed by atoms with Gasteiger partial charge in [-0.1, -0.05) is 84.9 Å². The smallest absolute Gasteiger partial charge is 0.407 e. The Bertz CT molecular complexity index is 1320. The molecule has 0 bridgehead atoms. The van der Waals surface area contributed by atoms with E-state index in [0.717, 1.165) is 22.3 Å². The third-order valence-electron chi connectivity index (χ3n) is 6.80. The summed E-state index contributed by atoms with van der Waals surface area (Å²) in [6.07, 6.45) is -0.0469. The number of alkyl carbamates (subject to hydrolysis) is 1. The summed E-state index contributed by atoms with van der Waals surface area (Å²) < 4.78 is 5.45. The zero-order chi connectivity index (χ0) is 28.7. The molecule has 0 fully saturated rings. The molecule has 0 unspecified atom stereocenters. The van der Waals surface area contributed by atoms with Crippen molar-refractivity contribution in [3.63, 3.8) is 0 Å². The van der Waals surface area contributed by atoms with Crippen LogP contribution in [-0.2, 0) is 28.8 Å². The topological polar surface area (TPSA) is 108 Å². The van der Waals surface area contributed by atoms with E-state index < -0.39 is 36.0 Å². The van der Waals surface area contributed by atoms with E-state index in [-0.39, 0.29) is 12.3 Å². The highest BCUT2D eigenvalue weighted by atomic mass is 16.6. The Morgan fingerprint density at radius 1 is 0.950 bits per heavy atom. The molecule has 210 valence electrons. The highest BCUT2D eigenvalue weighted by Crippen LogP contribution is 2.31. The number of aliphatic hydroxyl groups is 2. The molecule has 2 amide bonds. The van der Waals surface area contributed by atoms with Gasteiger partial charge in [-0.3, -0.25) is 4.79 Å². The number of hydrogen-bond acceptors (Lipinski definition) is 5. The first kappa shape index (κ1) is 29.1. The number of benzene rings is 3. The first-order valence-electron chi connectivity index (χ1n) is 13.6. The zero-order valence-electron chi connectivity index (χ0n) is 23.2. The molecule has 4 rings (SSSR count). The first-order valence-corrected chi connectivity index (χ1v) is 13.6. The molecule has 0 saturated heterocycles. The van der Waals surface area contributed by atoms with E-state index in [1.54, 1.807) is 20.8 Å². The molecule has 7 heteroatoms. The molecule has 3 aromatic carbocycles. The van der Waals surface area contributed by atoms with Crippen LogP contribution in [0.4, 0.5) is 4.79 Å². The van der Waals surface area contributed by atoms with Crippen molar-refractivity contribution in [2.24, 2.45) is 0 Å².